The number of aliphatic hydroxyl groups is 1. The molecule has 0 aromatic rings. The van der Waals surface area contributed by atoms with Crippen LogP contribution in [0.3, 0.4) is 0 Å². The van der Waals surface area contributed by atoms with Crippen LogP contribution in [0.1, 0.15) is 19.3 Å². The minimum atomic E-state index is 0. The first-order valence-corrected chi connectivity index (χ1v) is 4.10. The lowest BCUT2D eigenvalue weighted by molar-refractivity contribution is -0.920. The van der Waals surface area contributed by atoms with E-state index in [1.807, 2.05) is 0 Å². The number of quaternary nitrogens is 1. The second-order valence-corrected chi connectivity index (χ2v) is 3.83. The van der Waals surface area contributed by atoms with Crippen molar-refractivity contribution in [2.24, 2.45) is 0 Å². The fraction of sp³-hybridized carbons (Fsp3) is 1.00. The highest BCUT2D eigenvalue weighted by molar-refractivity contribution is 4.62. The van der Waals surface area contributed by atoms with Gasteiger partial charge in [-0.05, 0) is 12.8 Å². The number of halogens is 1. The Morgan fingerprint density at radius 2 is 2.00 bits per heavy atom. The Morgan fingerprint density at radius 3 is 2.36 bits per heavy atom. The number of rotatable bonds is 1. The van der Waals surface area contributed by atoms with Crippen LogP contribution in [0.2, 0.25) is 0 Å². The minimum Gasteiger partial charge on any atom is -1.00 e. The predicted octanol–water partition coefficient (Wildman–Crippen LogP) is -2.39. The highest BCUT2D eigenvalue weighted by atomic mass is 127. The third kappa shape index (κ3) is 2.87. The van der Waals surface area contributed by atoms with Crippen molar-refractivity contribution in [1.29, 1.82) is 0 Å². The zero-order valence-corrected chi connectivity index (χ0v) is 9.54. The summed E-state index contributed by atoms with van der Waals surface area (Å²) in [7, 11) is 4.42. The Labute approximate surface area is 86.2 Å². The lowest BCUT2D eigenvalue weighted by Crippen LogP contribution is -3.00. The lowest BCUT2D eigenvalue weighted by Gasteiger charge is -2.40. The molecule has 1 heterocycles. The summed E-state index contributed by atoms with van der Waals surface area (Å²) in [6.07, 6.45) is 3.82. The molecule has 1 N–H and O–H groups in total. The van der Waals surface area contributed by atoms with Gasteiger partial charge in [-0.25, -0.2) is 0 Å². The van der Waals surface area contributed by atoms with Crippen molar-refractivity contribution in [2.75, 3.05) is 27.2 Å². The molecule has 3 heteroatoms. The van der Waals surface area contributed by atoms with Crippen LogP contribution in [0, 0.1) is 0 Å². The van der Waals surface area contributed by atoms with E-state index < -0.39 is 0 Å². The lowest BCUT2D eigenvalue weighted by atomic mass is 10.0. The molecule has 0 aromatic carbocycles. The second-order valence-electron chi connectivity index (χ2n) is 3.83. The summed E-state index contributed by atoms with van der Waals surface area (Å²) >= 11 is 0. The van der Waals surface area contributed by atoms with Gasteiger partial charge in [0.2, 0.25) is 0 Å². The summed E-state index contributed by atoms with van der Waals surface area (Å²) < 4.78 is 1.01. The highest BCUT2D eigenvalue weighted by Crippen LogP contribution is 2.20. The Bertz CT molecular complexity index is 117. The van der Waals surface area contributed by atoms with Gasteiger partial charge in [-0.2, -0.15) is 0 Å². The molecule has 1 fully saturated rings. The van der Waals surface area contributed by atoms with Crippen molar-refractivity contribution >= 4 is 0 Å². The SMILES string of the molecule is C[N+]1(C)CCCCC1CO.[I-]. The largest absolute Gasteiger partial charge is 1.00 e. The topological polar surface area (TPSA) is 20.2 Å². The van der Waals surface area contributed by atoms with Gasteiger partial charge < -0.3 is 33.6 Å². The number of nitrogens with zero attached hydrogens (tertiary/aromatic N) is 1. The van der Waals surface area contributed by atoms with E-state index in [0.29, 0.717) is 12.6 Å². The van der Waals surface area contributed by atoms with Crippen LogP contribution in [-0.2, 0) is 0 Å². The molecule has 11 heavy (non-hydrogen) atoms. The summed E-state index contributed by atoms with van der Waals surface area (Å²) in [5, 5.41) is 9.01. The molecule has 1 atom stereocenters. The minimum absolute atomic E-state index is 0. The maximum Gasteiger partial charge on any atom is 0.112 e. The van der Waals surface area contributed by atoms with Gasteiger partial charge in [0.25, 0.3) is 0 Å². The molecule has 2 nitrogen and oxygen atoms in total. The van der Waals surface area contributed by atoms with Gasteiger partial charge in [0.15, 0.2) is 0 Å². The zero-order chi connectivity index (χ0) is 7.61. The van der Waals surface area contributed by atoms with Crippen molar-refractivity contribution in [2.45, 2.75) is 25.3 Å². The fourth-order valence-corrected chi connectivity index (χ4v) is 1.74. The number of hydrogen-bond donors (Lipinski definition) is 1. The molecule has 0 spiro atoms. The number of likely N-dealkylation sites (tertiary alicyclic amines) is 1. The van der Waals surface area contributed by atoms with Crippen molar-refractivity contribution in [3.8, 4) is 0 Å². The average Bonchev–Trinajstić information content (AvgIpc) is 1.87. The first-order valence-electron chi connectivity index (χ1n) is 4.10. The monoisotopic (exact) mass is 271 g/mol. The Morgan fingerprint density at radius 1 is 1.36 bits per heavy atom. The summed E-state index contributed by atoms with van der Waals surface area (Å²) in [6.45, 7) is 1.58. The normalized spacial score (nSPS) is 29.2. The van der Waals surface area contributed by atoms with Gasteiger partial charge in [-0.3, -0.25) is 0 Å². The van der Waals surface area contributed by atoms with Crippen LogP contribution in [0.25, 0.3) is 0 Å². The smallest absolute Gasteiger partial charge is 0.112 e. The van der Waals surface area contributed by atoms with Gasteiger partial charge in [0.05, 0.1) is 27.2 Å². The molecule has 0 saturated carbocycles. The molecule has 0 bridgehead atoms. The molecule has 1 rings (SSSR count). The molecule has 1 aliphatic rings. The first-order chi connectivity index (χ1) is 4.67. The quantitative estimate of drug-likeness (QED) is 0.417. The van der Waals surface area contributed by atoms with E-state index in [9.17, 15) is 0 Å². The van der Waals surface area contributed by atoms with Gasteiger partial charge >= 0.3 is 0 Å². The van der Waals surface area contributed by atoms with Crippen LogP contribution in [0.5, 0.6) is 0 Å². The fourth-order valence-electron chi connectivity index (χ4n) is 1.74. The van der Waals surface area contributed by atoms with E-state index >= 15 is 0 Å². The molecule has 0 radical (unpaired) electrons. The van der Waals surface area contributed by atoms with E-state index in [-0.39, 0.29) is 24.0 Å². The standard InChI is InChI=1S/C8H18NO.HI/c1-9(2)6-4-3-5-8(9)7-10;/h8,10H,3-7H2,1-2H3;1H/q+1;/p-1. The van der Waals surface area contributed by atoms with E-state index in [4.69, 9.17) is 5.11 Å². The van der Waals surface area contributed by atoms with Crippen LogP contribution >= 0.6 is 0 Å². The maximum atomic E-state index is 9.01. The molecule has 0 aromatic heterocycles. The number of likely N-dealkylation sites (N-methyl/N-ethyl adjacent to an activating group) is 1. The molecule has 0 amide bonds. The molecular weight excluding hydrogens is 253 g/mol. The molecule has 68 valence electrons. The summed E-state index contributed by atoms with van der Waals surface area (Å²) in [5.41, 5.74) is 0. The summed E-state index contributed by atoms with van der Waals surface area (Å²) in [6, 6.07) is 0.494. The van der Waals surface area contributed by atoms with Gasteiger partial charge in [0.1, 0.15) is 6.04 Å². The molecule has 1 unspecified atom stereocenters. The Hall–Kier alpha value is 0.650. The predicted molar refractivity (Wildman–Crippen MR) is 41.7 cm³/mol. The third-order valence-corrected chi connectivity index (χ3v) is 2.72. The van der Waals surface area contributed by atoms with Gasteiger partial charge in [0, 0.05) is 6.42 Å². The van der Waals surface area contributed by atoms with Crippen LogP contribution in [-0.4, -0.2) is 42.9 Å². The molecule has 1 aliphatic heterocycles. The van der Waals surface area contributed by atoms with Crippen LogP contribution in [0.15, 0.2) is 0 Å². The second kappa shape index (κ2) is 4.62. The Balaban J connectivity index is 0.000001000. The van der Waals surface area contributed by atoms with E-state index in [2.05, 4.69) is 14.1 Å². The number of aliphatic hydroxyl groups excluding tert-OH is 1. The van der Waals surface area contributed by atoms with Crippen molar-refractivity contribution < 1.29 is 33.6 Å². The van der Waals surface area contributed by atoms with Gasteiger partial charge in [-0.1, -0.05) is 0 Å². The Kier molecular flexibility index (Phi) is 4.89. The van der Waals surface area contributed by atoms with E-state index in [1.54, 1.807) is 0 Å². The van der Waals surface area contributed by atoms with Gasteiger partial charge in [-0.15, -0.1) is 0 Å². The summed E-state index contributed by atoms with van der Waals surface area (Å²) in [4.78, 5) is 0. The average molecular weight is 271 g/mol. The van der Waals surface area contributed by atoms with Crippen molar-refractivity contribution in [1.82, 2.24) is 0 Å². The summed E-state index contributed by atoms with van der Waals surface area (Å²) in [5.74, 6) is 0. The van der Waals surface area contributed by atoms with Crippen LogP contribution in [0.4, 0.5) is 0 Å². The third-order valence-electron chi connectivity index (χ3n) is 2.72. The number of hydrogen-bond acceptors (Lipinski definition) is 1. The molecule has 1 saturated heterocycles. The first kappa shape index (κ1) is 11.6. The highest BCUT2D eigenvalue weighted by Gasteiger charge is 2.30. The van der Waals surface area contributed by atoms with E-state index in [0.717, 1.165) is 4.48 Å². The van der Waals surface area contributed by atoms with Crippen molar-refractivity contribution in [3.63, 3.8) is 0 Å². The van der Waals surface area contributed by atoms with Crippen LogP contribution < -0.4 is 24.0 Å². The molecule has 0 aliphatic carbocycles. The maximum absolute atomic E-state index is 9.01. The number of piperidine rings is 1. The van der Waals surface area contributed by atoms with Crippen molar-refractivity contribution in [3.05, 3.63) is 0 Å². The molecular formula is C8H18INO. The van der Waals surface area contributed by atoms with E-state index in [1.165, 1.54) is 25.8 Å². The zero-order valence-electron chi connectivity index (χ0n) is 7.39.